The van der Waals surface area contributed by atoms with E-state index >= 15 is 0 Å². The zero-order chi connectivity index (χ0) is 20.7. The largest absolute Gasteiger partial charge is 0.491 e. The Labute approximate surface area is 157 Å². The highest BCUT2D eigenvalue weighted by Crippen LogP contribution is 2.33. The molecule has 1 rings (SSSR count). The molecule has 1 aromatic carbocycles. The van der Waals surface area contributed by atoms with E-state index in [1.807, 2.05) is 6.92 Å². The van der Waals surface area contributed by atoms with Gasteiger partial charge >= 0.3 is 12.3 Å². The summed E-state index contributed by atoms with van der Waals surface area (Å²) in [6.07, 6.45) is -3.44. The number of carbonyl (C=O) groups is 1. The molecule has 0 heterocycles. The van der Waals surface area contributed by atoms with Crippen LogP contribution in [0.25, 0.3) is 0 Å². The zero-order valence-electron chi connectivity index (χ0n) is 16.2. The number of aliphatic hydroxyl groups is 1. The van der Waals surface area contributed by atoms with Crippen LogP contribution in [-0.4, -0.2) is 36.1 Å². The van der Waals surface area contributed by atoms with Crippen LogP contribution in [0.3, 0.4) is 0 Å². The number of aliphatic hydroxyl groups excluding tert-OH is 1. The first-order valence-electron chi connectivity index (χ1n) is 8.89. The highest BCUT2D eigenvalue weighted by molar-refractivity contribution is 5.68. The second-order valence-corrected chi connectivity index (χ2v) is 7.18. The molecule has 0 saturated carbocycles. The van der Waals surface area contributed by atoms with Crippen molar-refractivity contribution in [2.24, 2.45) is 0 Å². The molecule has 0 aromatic heterocycles. The Morgan fingerprint density at radius 3 is 2.44 bits per heavy atom. The number of hydrogen-bond donors (Lipinski definition) is 2. The average Bonchev–Trinajstić information content (AvgIpc) is 2.54. The molecule has 27 heavy (non-hydrogen) atoms. The molecular weight excluding hydrogens is 363 g/mol. The van der Waals surface area contributed by atoms with Gasteiger partial charge in [-0.15, -0.1) is 0 Å². The standard InChI is InChI=1S/C19H28F3NO4/c1-5-15(23-17(25)27-18(2,3)4)9-7-13-6-8-14(19(20,21)22)12-16(13)26-11-10-24/h6,8,12,15,24H,5,7,9-11H2,1-4H3,(H,23,25)/t15-/m1/s1. The van der Waals surface area contributed by atoms with Crippen LogP contribution in [-0.2, 0) is 17.3 Å². The predicted octanol–water partition coefficient (Wildman–Crippen LogP) is 4.31. The van der Waals surface area contributed by atoms with Crippen LogP contribution in [0, 0.1) is 0 Å². The minimum atomic E-state index is -4.47. The summed E-state index contributed by atoms with van der Waals surface area (Å²) in [5, 5.41) is 11.7. The molecule has 0 aliphatic carbocycles. The molecule has 5 nitrogen and oxygen atoms in total. The van der Waals surface area contributed by atoms with Gasteiger partial charge in [-0.05, 0) is 57.7 Å². The maximum atomic E-state index is 12.9. The van der Waals surface area contributed by atoms with Gasteiger partial charge in [0.1, 0.15) is 18.0 Å². The van der Waals surface area contributed by atoms with E-state index in [-0.39, 0.29) is 25.0 Å². The Bertz CT molecular complexity index is 612. The third kappa shape index (κ3) is 8.51. The van der Waals surface area contributed by atoms with Gasteiger partial charge in [-0.3, -0.25) is 0 Å². The number of ether oxygens (including phenoxy) is 2. The van der Waals surface area contributed by atoms with Crippen molar-refractivity contribution in [2.75, 3.05) is 13.2 Å². The van der Waals surface area contributed by atoms with Crippen LogP contribution in [0.15, 0.2) is 18.2 Å². The number of aryl methyl sites for hydroxylation is 1. The molecule has 2 N–H and O–H groups in total. The smallest absolute Gasteiger partial charge is 0.416 e. The third-order valence-electron chi connectivity index (χ3n) is 3.72. The maximum Gasteiger partial charge on any atom is 0.416 e. The Morgan fingerprint density at radius 2 is 1.93 bits per heavy atom. The number of nitrogens with one attached hydrogen (secondary N) is 1. The van der Waals surface area contributed by atoms with E-state index in [4.69, 9.17) is 14.6 Å². The minimum absolute atomic E-state index is 0.0889. The Hall–Kier alpha value is -1.96. The van der Waals surface area contributed by atoms with Crippen molar-refractivity contribution >= 4 is 6.09 Å². The van der Waals surface area contributed by atoms with Gasteiger partial charge in [-0.2, -0.15) is 13.2 Å². The molecule has 0 fully saturated rings. The highest BCUT2D eigenvalue weighted by atomic mass is 19.4. The van der Waals surface area contributed by atoms with Crippen molar-refractivity contribution in [3.8, 4) is 5.75 Å². The van der Waals surface area contributed by atoms with E-state index in [1.165, 1.54) is 6.07 Å². The van der Waals surface area contributed by atoms with Gasteiger partial charge in [-0.1, -0.05) is 13.0 Å². The molecular formula is C19H28F3NO4. The molecule has 0 saturated heterocycles. The molecule has 0 unspecified atom stereocenters. The third-order valence-corrected chi connectivity index (χ3v) is 3.72. The summed E-state index contributed by atoms with van der Waals surface area (Å²) < 4.78 is 49.2. The van der Waals surface area contributed by atoms with Gasteiger partial charge in [-0.25, -0.2) is 4.79 Å². The summed E-state index contributed by atoms with van der Waals surface area (Å²) in [6, 6.07) is 3.12. The minimum Gasteiger partial charge on any atom is -0.491 e. The SMILES string of the molecule is CC[C@H](CCc1ccc(C(F)(F)F)cc1OCCO)NC(=O)OC(C)(C)C. The average molecular weight is 391 g/mol. The number of halogens is 3. The summed E-state index contributed by atoms with van der Waals surface area (Å²) in [5.41, 5.74) is -0.833. The van der Waals surface area contributed by atoms with Crippen molar-refractivity contribution < 1.29 is 32.5 Å². The van der Waals surface area contributed by atoms with Gasteiger partial charge in [0.15, 0.2) is 0 Å². The van der Waals surface area contributed by atoms with Gasteiger partial charge < -0.3 is 19.9 Å². The molecule has 0 aliphatic rings. The van der Waals surface area contributed by atoms with Crippen LogP contribution in [0.4, 0.5) is 18.0 Å². The van der Waals surface area contributed by atoms with Gasteiger partial charge in [0.2, 0.25) is 0 Å². The number of hydrogen-bond acceptors (Lipinski definition) is 4. The number of amides is 1. The molecule has 1 atom stereocenters. The first-order chi connectivity index (χ1) is 12.5. The fraction of sp³-hybridized carbons (Fsp3) is 0.632. The second-order valence-electron chi connectivity index (χ2n) is 7.18. The zero-order valence-corrected chi connectivity index (χ0v) is 16.2. The van der Waals surface area contributed by atoms with Crippen LogP contribution in [0.1, 0.15) is 51.7 Å². The van der Waals surface area contributed by atoms with Crippen molar-refractivity contribution in [3.05, 3.63) is 29.3 Å². The quantitative estimate of drug-likeness (QED) is 0.693. The van der Waals surface area contributed by atoms with E-state index in [0.717, 1.165) is 12.1 Å². The lowest BCUT2D eigenvalue weighted by Crippen LogP contribution is -2.39. The van der Waals surface area contributed by atoms with Crippen molar-refractivity contribution in [3.63, 3.8) is 0 Å². The first kappa shape index (κ1) is 23.1. The lowest BCUT2D eigenvalue weighted by atomic mass is 10.0. The number of alkyl halides is 3. The molecule has 0 aliphatic heterocycles. The number of benzene rings is 1. The van der Waals surface area contributed by atoms with E-state index in [0.29, 0.717) is 24.8 Å². The monoisotopic (exact) mass is 391 g/mol. The number of alkyl carbamates (subject to hydrolysis) is 1. The van der Waals surface area contributed by atoms with Crippen LogP contribution < -0.4 is 10.1 Å². The fourth-order valence-electron chi connectivity index (χ4n) is 2.41. The van der Waals surface area contributed by atoms with Crippen LogP contribution >= 0.6 is 0 Å². The Kier molecular flexibility index (Phi) is 8.40. The molecule has 0 radical (unpaired) electrons. The summed E-state index contributed by atoms with van der Waals surface area (Å²) >= 11 is 0. The number of rotatable bonds is 8. The Morgan fingerprint density at radius 1 is 1.26 bits per heavy atom. The van der Waals surface area contributed by atoms with Crippen LogP contribution in [0.2, 0.25) is 0 Å². The summed E-state index contributed by atoms with van der Waals surface area (Å²) in [6.45, 7) is 6.80. The maximum absolute atomic E-state index is 12.9. The molecule has 8 heteroatoms. The van der Waals surface area contributed by atoms with Crippen LogP contribution in [0.5, 0.6) is 5.75 Å². The summed E-state index contributed by atoms with van der Waals surface area (Å²) in [7, 11) is 0. The predicted molar refractivity (Wildman–Crippen MR) is 95.8 cm³/mol. The van der Waals surface area contributed by atoms with Crippen molar-refractivity contribution in [2.45, 2.75) is 64.8 Å². The van der Waals surface area contributed by atoms with E-state index in [2.05, 4.69) is 5.32 Å². The summed E-state index contributed by atoms with van der Waals surface area (Å²) in [4.78, 5) is 11.9. The lowest BCUT2D eigenvalue weighted by molar-refractivity contribution is -0.137. The highest BCUT2D eigenvalue weighted by Gasteiger charge is 2.31. The first-order valence-corrected chi connectivity index (χ1v) is 8.89. The van der Waals surface area contributed by atoms with E-state index in [9.17, 15) is 18.0 Å². The van der Waals surface area contributed by atoms with Gasteiger partial charge in [0.05, 0.1) is 12.2 Å². The Balaban J connectivity index is 2.81. The number of carbonyl (C=O) groups excluding carboxylic acids is 1. The van der Waals surface area contributed by atoms with Crippen molar-refractivity contribution in [1.82, 2.24) is 5.32 Å². The van der Waals surface area contributed by atoms with Crippen molar-refractivity contribution in [1.29, 1.82) is 0 Å². The topological polar surface area (TPSA) is 67.8 Å². The summed E-state index contributed by atoms with van der Waals surface area (Å²) in [5.74, 6) is 0.0889. The van der Waals surface area contributed by atoms with Gasteiger partial charge in [0, 0.05) is 6.04 Å². The lowest BCUT2D eigenvalue weighted by Gasteiger charge is -2.23. The normalized spacial score (nSPS) is 13.2. The van der Waals surface area contributed by atoms with Gasteiger partial charge in [0.25, 0.3) is 0 Å². The second kappa shape index (κ2) is 9.82. The molecule has 1 aromatic rings. The molecule has 154 valence electrons. The molecule has 1 amide bonds. The molecule has 0 spiro atoms. The molecule has 0 bridgehead atoms. The van der Waals surface area contributed by atoms with E-state index in [1.54, 1.807) is 20.8 Å². The fourth-order valence-corrected chi connectivity index (χ4v) is 2.41. The van der Waals surface area contributed by atoms with E-state index < -0.39 is 23.4 Å².